The van der Waals surface area contributed by atoms with Gasteiger partial charge in [0, 0.05) is 18.5 Å². The topological polar surface area (TPSA) is 43.8 Å². The van der Waals surface area contributed by atoms with Gasteiger partial charge < -0.3 is 10.3 Å². The number of fused-ring (bicyclic) bond motifs is 1. The van der Waals surface area contributed by atoms with Crippen molar-refractivity contribution in [1.82, 2.24) is 9.55 Å². The molecular weight excluding hydrogens is 241 g/mol. The Kier molecular flexibility index (Phi) is 3.05. The van der Waals surface area contributed by atoms with Crippen LogP contribution >= 0.6 is 0 Å². The van der Waals surface area contributed by atoms with Crippen LogP contribution in [-0.2, 0) is 12.0 Å². The summed E-state index contributed by atoms with van der Waals surface area (Å²) < 4.78 is 16.1. The van der Waals surface area contributed by atoms with E-state index < -0.39 is 0 Å². The first-order valence-electron chi connectivity index (χ1n) is 7.07. The zero-order valence-electron chi connectivity index (χ0n) is 11.3. The van der Waals surface area contributed by atoms with Crippen LogP contribution in [0, 0.1) is 5.82 Å². The summed E-state index contributed by atoms with van der Waals surface area (Å²) >= 11 is 0. The van der Waals surface area contributed by atoms with Crippen LogP contribution in [-0.4, -0.2) is 16.1 Å². The van der Waals surface area contributed by atoms with Crippen LogP contribution in [0.1, 0.15) is 38.4 Å². The van der Waals surface area contributed by atoms with Crippen molar-refractivity contribution < 1.29 is 4.39 Å². The summed E-state index contributed by atoms with van der Waals surface area (Å²) in [5.41, 5.74) is 7.34. The summed E-state index contributed by atoms with van der Waals surface area (Å²) in [7, 11) is 0. The molecule has 4 heteroatoms. The maximum absolute atomic E-state index is 13.9. The van der Waals surface area contributed by atoms with Crippen molar-refractivity contribution in [2.24, 2.45) is 5.73 Å². The van der Waals surface area contributed by atoms with Crippen molar-refractivity contribution >= 4 is 11.0 Å². The van der Waals surface area contributed by atoms with E-state index in [2.05, 4.69) is 16.5 Å². The molecule has 2 N–H and O–H groups in total. The molecule has 0 radical (unpaired) electrons. The van der Waals surface area contributed by atoms with Gasteiger partial charge in [0.2, 0.25) is 0 Å². The fraction of sp³-hybridized carbons (Fsp3) is 0.533. The average Bonchev–Trinajstić information content (AvgIpc) is 2.71. The second-order valence-corrected chi connectivity index (χ2v) is 5.53. The molecule has 0 aliphatic heterocycles. The third-order valence-corrected chi connectivity index (χ3v) is 4.35. The molecule has 0 amide bonds. The van der Waals surface area contributed by atoms with Gasteiger partial charge in [-0.3, -0.25) is 0 Å². The molecule has 3 nitrogen and oxygen atoms in total. The van der Waals surface area contributed by atoms with E-state index in [4.69, 9.17) is 5.73 Å². The molecule has 0 atom stereocenters. The monoisotopic (exact) mass is 261 g/mol. The molecule has 0 bridgehead atoms. The molecule has 0 saturated heterocycles. The number of hydrogen-bond donors (Lipinski definition) is 1. The van der Waals surface area contributed by atoms with Gasteiger partial charge in [-0.15, -0.1) is 0 Å². The van der Waals surface area contributed by atoms with Crippen molar-refractivity contribution in [3.05, 3.63) is 29.8 Å². The van der Waals surface area contributed by atoms with Crippen LogP contribution in [0.4, 0.5) is 4.39 Å². The fourth-order valence-electron chi connectivity index (χ4n) is 3.09. The Labute approximate surface area is 112 Å². The number of nitrogens with zero attached hydrogens (tertiary/aromatic N) is 2. The molecule has 2 aromatic rings. The standard InChI is InChI=1S/C15H20FN3/c1-2-9-19-12-6-3-5-11(16)13(12)18-14(19)15(10-17)7-4-8-15/h3,5-6H,2,4,7-10,17H2,1H3. The fourth-order valence-corrected chi connectivity index (χ4v) is 3.09. The lowest BCUT2D eigenvalue weighted by Gasteiger charge is -2.40. The summed E-state index contributed by atoms with van der Waals surface area (Å²) in [6.45, 7) is 3.60. The molecule has 102 valence electrons. The van der Waals surface area contributed by atoms with Crippen molar-refractivity contribution in [1.29, 1.82) is 0 Å². The van der Waals surface area contributed by atoms with E-state index in [-0.39, 0.29) is 11.2 Å². The molecule has 1 heterocycles. The molecule has 1 aliphatic rings. The highest BCUT2D eigenvalue weighted by Crippen LogP contribution is 2.43. The number of hydrogen-bond acceptors (Lipinski definition) is 2. The SMILES string of the molecule is CCCn1c(C2(CN)CCC2)nc2c(F)cccc21. The number of rotatable bonds is 4. The van der Waals surface area contributed by atoms with E-state index in [1.165, 1.54) is 12.5 Å². The molecule has 1 aromatic carbocycles. The third kappa shape index (κ3) is 1.77. The maximum atomic E-state index is 13.9. The van der Waals surface area contributed by atoms with Gasteiger partial charge >= 0.3 is 0 Å². The second-order valence-electron chi connectivity index (χ2n) is 5.53. The lowest BCUT2D eigenvalue weighted by Crippen LogP contribution is -2.43. The van der Waals surface area contributed by atoms with Crippen molar-refractivity contribution in [3.8, 4) is 0 Å². The number of para-hydroxylation sites is 1. The van der Waals surface area contributed by atoms with E-state index in [0.29, 0.717) is 12.1 Å². The van der Waals surface area contributed by atoms with Crippen LogP contribution < -0.4 is 5.73 Å². The number of imidazole rings is 1. The lowest BCUT2D eigenvalue weighted by molar-refractivity contribution is 0.231. The minimum atomic E-state index is -0.236. The molecule has 1 saturated carbocycles. The normalized spacial score (nSPS) is 17.6. The van der Waals surface area contributed by atoms with Gasteiger partial charge in [-0.25, -0.2) is 9.37 Å². The van der Waals surface area contributed by atoms with Gasteiger partial charge in [0.15, 0.2) is 5.82 Å². The second kappa shape index (κ2) is 4.60. The van der Waals surface area contributed by atoms with Gasteiger partial charge in [0.05, 0.1) is 5.52 Å². The van der Waals surface area contributed by atoms with Crippen molar-refractivity contribution in [3.63, 3.8) is 0 Å². The van der Waals surface area contributed by atoms with Crippen LogP contribution in [0.3, 0.4) is 0 Å². The highest BCUT2D eigenvalue weighted by molar-refractivity contribution is 5.77. The minimum absolute atomic E-state index is 0.0272. The smallest absolute Gasteiger partial charge is 0.151 e. The van der Waals surface area contributed by atoms with Crippen molar-refractivity contribution in [2.75, 3.05) is 6.54 Å². The molecular formula is C15H20FN3. The van der Waals surface area contributed by atoms with Crippen LogP contribution in [0.2, 0.25) is 0 Å². The molecule has 3 rings (SSSR count). The maximum Gasteiger partial charge on any atom is 0.151 e. The van der Waals surface area contributed by atoms with Crippen LogP contribution in [0.5, 0.6) is 0 Å². The third-order valence-electron chi connectivity index (χ3n) is 4.35. The van der Waals surface area contributed by atoms with Crippen LogP contribution in [0.15, 0.2) is 18.2 Å². The molecule has 0 unspecified atom stereocenters. The number of nitrogens with two attached hydrogens (primary N) is 1. The Morgan fingerprint density at radius 3 is 2.79 bits per heavy atom. The molecule has 19 heavy (non-hydrogen) atoms. The minimum Gasteiger partial charge on any atom is -0.329 e. The first-order valence-corrected chi connectivity index (χ1v) is 7.07. The summed E-state index contributed by atoms with van der Waals surface area (Å²) in [5.74, 6) is 0.753. The summed E-state index contributed by atoms with van der Waals surface area (Å²) in [4.78, 5) is 4.60. The predicted octanol–water partition coefficient (Wildman–Crippen LogP) is 2.97. The van der Waals surface area contributed by atoms with Gasteiger partial charge in [-0.05, 0) is 31.4 Å². The predicted molar refractivity (Wildman–Crippen MR) is 74.6 cm³/mol. The zero-order chi connectivity index (χ0) is 13.5. The lowest BCUT2D eigenvalue weighted by atomic mass is 9.68. The Morgan fingerprint density at radius 2 is 2.21 bits per heavy atom. The Hall–Kier alpha value is -1.42. The largest absolute Gasteiger partial charge is 0.329 e. The van der Waals surface area contributed by atoms with Crippen LogP contribution in [0.25, 0.3) is 11.0 Å². The van der Waals surface area contributed by atoms with E-state index in [9.17, 15) is 4.39 Å². The van der Waals surface area contributed by atoms with E-state index in [1.54, 1.807) is 6.07 Å². The van der Waals surface area contributed by atoms with E-state index in [1.807, 2.05) is 6.07 Å². The first-order chi connectivity index (χ1) is 9.22. The summed E-state index contributed by atoms with van der Waals surface area (Å²) in [6.07, 6.45) is 4.33. The number of halogens is 1. The average molecular weight is 261 g/mol. The number of benzene rings is 1. The molecule has 1 fully saturated rings. The Bertz CT molecular complexity index is 593. The summed E-state index contributed by atoms with van der Waals surface area (Å²) in [6, 6.07) is 5.18. The molecule has 1 aliphatic carbocycles. The highest BCUT2D eigenvalue weighted by atomic mass is 19.1. The van der Waals surface area contributed by atoms with E-state index in [0.717, 1.165) is 37.1 Å². The van der Waals surface area contributed by atoms with Gasteiger partial charge in [-0.1, -0.05) is 19.4 Å². The van der Waals surface area contributed by atoms with E-state index >= 15 is 0 Å². The molecule has 0 spiro atoms. The first kappa shape index (κ1) is 12.6. The number of aromatic nitrogens is 2. The highest BCUT2D eigenvalue weighted by Gasteiger charge is 2.41. The Balaban J connectivity index is 2.23. The van der Waals surface area contributed by atoms with Crippen molar-refractivity contribution in [2.45, 2.75) is 44.6 Å². The zero-order valence-corrected chi connectivity index (χ0v) is 11.3. The Morgan fingerprint density at radius 1 is 1.42 bits per heavy atom. The van der Waals surface area contributed by atoms with Gasteiger partial charge in [0.25, 0.3) is 0 Å². The number of aryl methyl sites for hydroxylation is 1. The van der Waals surface area contributed by atoms with Gasteiger partial charge in [0.1, 0.15) is 11.3 Å². The molecule has 1 aromatic heterocycles. The quantitative estimate of drug-likeness (QED) is 0.919. The van der Waals surface area contributed by atoms with Gasteiger partial charge in [-0.2, -0.15) is 0 Å². The summed E-state index contributed by atoms with van der Waals surface area (Å²) in [5, 5.41) is 0.